The number of aromatic nitrogens is 3. The number of pyridine rings is 1. The number of nitrogens with zero attached hydrogens (tertiary/aromatic N) is 3. The van der Waals surface area contributed by atoms with E-state index in [1.807, 2.05) is 37.3 Å². The molecular weight excluding hydrogens is 328 g/mol. The van der Waals surface area contributed by atoms with Crippen molar-refractivity contribution in [2.24, 2.45) is 0 Å². The molecular formula is C20H22N4O2. The van der Waals surface area contributed by atoms with Crippen LogP contribution in [-0.4, -0.2) is 20.0 Å². The SMILES string of the molecule is Cc1ccc(NC(=O)Cn2c(=O)n(C3CCCC3)c3ncccc32)cc1. The maximum atomic E-state index is 13.0. The van der Waals surface area contributed by atoms with Gasteiger partial charge >= 0.3 is 5.69 Å². The van der Waals surface area contributed by atoms with Gasteiger partial charge < -0.3 is 5.32 Å². The van der Waals surface area contributed by atoms with Gasteiger partial charge in [-0.05, 0) is 44.0 Å². The standard InChI is InChI=1S/C20H22N4O2/c1-14-8-10-15(11-9-14)22-18(25)13-23-17-7-4-12-21-19(17)24(20(23)26)16-5-2-3-6-16/h4,7-12,16H,2-3,5-6,13H2,1H3,(H,22,25). The minimum atomic E-state index is -0.217. The van der Waals surface area contributed by atoms with E-state index in [1.165, 1.54) is 4.57 Å². The van der Waals surface area contributed by atoms with Crippen molar-refractivity contribution in [3.8, 4) is 0 Å². The Morgan fingerprint density at radius 3 is 2.65 bits per heavy atom. The fraction of sp³-hybridized carbons (Fsp3) is 0.350. The van der Waals surface area contributed by atoms with Crippen molar-refractivity contribution in [2.45, 2.75) is 45.2 Å². The van der Waals surface area contributed by atoms with Crippen LogP contribution in [0.1, 0.15) is 37.3 Å². The van der Waals surface area contributed by atoms with Crippen LogP contribution in [0.3, 0.4) is 0 Å². The minimum absolute atomic E-state index is 0.0192. The summed E-state index contributed by atoms with van der Waals surface area (Å²) >= 11 is 0. The number of nitrogens with one attached hydrogen (secondary N) is 1. The van der Waals surface area contributed by atoms with E-state index < -0.39 is 0 Å². The Balaban J connectivity index is 1.65. The zero-order valence-corrected chi connectivity index (χ0v) is 14.8. The molecule has 1 aromatic carbocycles. The monoisotopic (exact) mass is 350 g/mol. The van der Waals surface area contributed by atoms with Crippen LogP contribution in [0.2, 0.25) is 0 Å². The Labute approximate surface area is 151 Å². The summed E-state index contributed by atoms with van der Waals surface area (Å²) < 4.78 is 3.31. The van der Waals surface area contributed by atoms with E-state index in [2.05, 4.69) is 10.3 Å². The highest BCUT2D eigenvalue weighted by molar-refractivity contribution is 5.91. The normalized spacial score (nSPS) is 14.8. The number of imidazole rings is 1. The van der Waals surface area contributed by atoms with Crippen LogP contribution in [0.15, 0.2) is 47.4 Å². The number of benzene rings is 1. The van der Waals surface area contributed by atoms with Gasteiger partial charge in [-0.1, -0.05) is 30.5 Å². The van der Waals surface area contributed by atoms with E-state index >= 15 is 0 Å². The topological polar surface area (TPSA) is 68.9 Å². The Bertz CT molecular complexity index is 995. The number of anilines is 1. The molecule has 3 aromatic rings. The molecule has 2 aromatic heterocycles. The lowest BCUT2D eigenvalue weighted by Crippen LogP contribution is -2.30. The first-order valence-electron chi connectivity index (χ1n) is 9.06. The summed E-state index contributed by atoms with van der Waals surface area (Å²) in [6, 6.07) is 11.4. The number of hydrogen-bond acceptors (Lipinski definition) is 3. The molecule has 0 unspecified atom stereocenters. The lowest BCUT2D eigenvalue weighted by atomic mass is 10.2. The Kier molecular flexibility index (Phi) is 4.32. The van der Waals surface area contributed by atoms with Gasteiger partial charge in [0.25, 0.3) is 0 Å². The average Bonchev–Trinajstić information content (AvgIpc) is 3.24. The van der Waals surface area contributed by atoms with Crippen molar-refractivity contribution in [3.05, 3.63) is 58.6 Å². The zero-order chi connectivity index (χ0) is 18.1. The fourth-order valence-corrected chi connectivity index (χ4v) is 3.73. The van der Waals surface area contributed by atoms with E-state index in [0.717, 1.165) is 36.9 Å². The van der Waals surface area contributed by atoms with Gasteiger partial charge in [0.1, 0.15) is 6.54 Å². The van der Waals surface area contributed by atoms with Crippen LogP contribution in [0.5, 0.6) is 0 Å². The first-order chi connectivity index (χ1) is 12.6. The minimum Gasteiger partial charge on any atom is -0.325 e. The van der Waals surface area contributed by atoms with Gasteiger partial charge in [0.05, 0.1) is 5.52 Å². The number of aryl methyl sites for hydroxylation is 1. The second kappa shape index (κ2) is 6.78. The number of fused-ring (bicyclic) bond motifs is 1. The Hall–Kier alpha value is -2.89. The van der Waals surface area contributed by atoms with Crippen molar-refractivity contribution < 1.29 is 4.79 Å². The highest BCUT2D eigenvalue weighted by Gasteiger charge is 2.24. The molecule has 2 heterocycles. The molecule has 1 saturated carbocycles. The van der Waals surface area contributed by atoms with E-state index in [-0.39, 0.29) is 24.2 Å². The molecule has 0 atom stereocenters. The van der Waals surface area contributed by atoms with E-state index in [9.17, 15) is 9.59 Å². The third kappa shape index (κ3) is 3.03. The highest BCUT2D eigenvalue weighted by atomic mass is 16.2. The van der Waals surface area contributed by atoms with Crippen molar-refractivity contribution >= 4 is 22.8 Å². The van der Waals surface area contributed by atoms with Crippen LogP contribution in [0.25, 0.3) is 11.2 Å². The van der Waals surface area contributed by atoms with E-state index in [1.54, 1.807) is 16.8 Å². The second-order valence-electron chi connectivity index (χ2n) is 6.94. The Morgan fingerprint density at radius 2 is 1.92 bits per heavy atom. The van der Waals surface area contributed by atoms with Crippen LogP contribution in [0, 0.1) is 6.92 Å². The van der Waals surface area contributed by atoms with Crippen molar-refractivity contribution in [1.29, 1.82) is 0 Å². The molecule has 1 amide bonds. The third-order valence-corrected chi connectivity index (χ3v) is 5.05. The number of hydrogen-bond donors (Lipinski definition) is 1. The third-order valence-electron chi connectivity index (χ3n) is 5.05. The Morgan fingerprint density at radius 1 is 1.19 bits per heavy atom. The molecule has 4 rings (SSSR count). The predicted octanol–water partition coefficient (Wildman–Crippen LogP) is 3.26. The van der Waals surface area contributed by atoms with Gasteiger partial charge in [0, 0.05) is 17.9 Å². The van der Waals surface area contributed by atoms with E-state index in [0.29, 0.717) is 11.2 Å². The smallest absolute Gasteiger partial charge is 0.325 e. The zero-order valence-electron chi connectivity index (χ0n) is 14.8. The molecule has 0 bridgehead atoms. The largest absolute Gasteiger partial charge is 0.331 e. The lowest BCUT2D eigenvalue weighted by Gasteiger charge is -2.10. The molecule has 134 valence electrons. The van der Waals surface area contributed by atoms with Crippen LogP contribution < -0.4 is 11.0 Å². The average molecular weight is 350 g/mol. The van der Waals surface area contributed by atoms with Crippen LogP contribution >= 0.6 is 0 Å². The number of carbonyl (C=O) groups is 1. The summed E-state index contributed by atoms with van der Waals surface area (Å²) in [5.41, 5.74) is 3.09. The summed E-state index contributed by atoms with van der Waals surface area (Å²) in [6.07, 6.45) is 5.94. The molecule has 0 aliphatic heterocycles. The molecule has 6 heteroatoms. The molecule has 1 aliphatic carbocycles. The van der Waals surface area contributed by atoms with Crippen LogP contribution in [-0.2, 0) is 11.3 Å². The van der Waals surface area contributed by atoms with Crippen molar-refractivity contribution in [3.63, 3.8) is 0 Å². The first-order valence-corrected chi connectivity index (χ1v) is 9.06. The summed E-state index contributed by atoms with van der Waals surface area (Å²) in [6.45, 7) is 1.98. The van der Waals surface area contributed by atoms with E-state index in [4.69, 9.17) is 0 Å². The molecule has 0 radical (unpaired) electrons. The molecule has 1 N–H and O–H groups in total. The summed E-state index contributed by atoms with van der Waals surface area (Å²) in [7, 11) is 0. The molecule has 1 aliphatic rings. The van der Waals surface area contributed by atoms with Crippen molar-refractivity contribution in [2.75, 3.05) is 5.32 Å². The molecule has 0 saturated heterocycles. The summed E-state index contributed by atoms with van der Waals surface area (Å²) in [5, 5.41) is 2.86. The first kappa shape index (κ1) is 16.6. The maximum Gasteiger partial charge on any atom is 0.331 e. The highest BCUT2D eigenvalue weighted by Crippen LogP contribution is 2.30. The fourth-order valence-electron chi connectivity index (χ4n) is 3.73. The summed E-state index contributed by atoms with van der Waals surface area (Å²) in [4.78, 5) is 29.9. The number of rotatable bonds is 4. The molecule has 6 nitrogen and oxygen atoms in total. The summed E-state index contributed by atoms with van der Waals surface area (Å²) in [5.74, 6) is -0.217. The van der Waals surface area contributed by atoms with Crippen molar-refractivity contribution in [1.82, 2.24) is 14.1 Å². The lowest BCUT2D eigenvalue weighted by molar-refractivity contribution is -0.116. The predicted molar refractivity (Wildman–Crippen MR) is 101 cm³/mol. The van der Waals surface area contributed by atoms with Gasteiger partial charge in [-0.3, -0.25) is 13.9 Å². The quantitative estimate of drug-likeness (QED) is 0.785. The van der Waals surface area contributed by atoms with Gasteiger partial charge in [-0.25, -0.2) is 9.78 Å². The number of amides is 1. The van der Waals surface area contributed by atoms with Gasteiger partial charge in [-0.2, -0.15) is 0 Å². The van der Waals surface area contributed by atoms with Gasteiger partial charge in [0.15, 0.2) is 5.65 Å². The van der Waals surface area contributed by atoms with Crippen LogP contribution in [0.4, 0.5) is 5.69 Å². The van der Waals surface area contributed by atoms with Gasteiger partial charge in [0.2, 0.25) is 5.91 Å². The molecule has 1 fully saturated rings. The van der Waals surface area contributed by atoms with Gasteiger partial charge in [-0.15, -0.1) is 0 Å². The number of carbonyl (C=O) groups excluding carboxylic acids is 1. The maximum absolute atomic E-state index is 13.0. The molecule has 26 heavy (non-hydrogen) atoms. The molecule has 0 spiro atoms. The second-order valence-corrected chi connectivity index (χ2v) is 6.94.